The molecule has 0 saturated carbocycles. The molecule has 0 bridgehead atoms. The zero-order chi connectivity index (χ0) is 26.1. The molecule has 0 saturated heterocycles. The van der Waals surface area contributed by atoms with Gasteiger partial charge in [-0.3, -0.25) is 9.20 Å². The maximum absolute atomic E-state index is 14.0. The van der Waals surface area contributed by atoms with Crippen LogP contribution in [0, 0.1) is 42.9 Å². The number of ketones is 1. The fraction of sp³-hybridized carbons (Fsp3) is 0.231. The number of imidazole rings is 1. The zero-order valence-corrected chi connectivity index (χ0v) is 19.4. The molecule has 36 heavy (non-hydrogen) atoms. The monoisotopic (exact) mass is 503 g/mol. The Balaban J connectivity index is 1.66. The molecular formula is C26H22F5N3O2. The summed E-state index contributed by atoms with van der Waals surface area (Å²) in [4.78, 5) is 17.7. The molecule has 0 amide bonds. The molecule has 2 N–H and O–H groups in total. The lowest BCUT2D eigenvalue weighted by Crippen LogP contribution is -2.19. The predicted molar refractivity (Wildman–Crippen MR) is 122 cm³/mol. The molecule has 2 aromatic carbocycles. The van der Waals surface area contributed by atoms with Gasteiger partial charge in [0.25, 0.3) is 0 Å². The Hall–Kier alpha value is -3.79. The van der Waals surface area contributed by atoms with Crippen LogP contribution >= 0.6 is 0 Å². The molecule has 188 valence electrons. The van der Waals surface area contributed by atoms with Crippen molar-refractivity contribution in [3.05, 3.63) is 99.8 Å². The minimum Gasteiger partial charge on any atom is -0.485 e. The molecule has 4 rings (SSSR count). The van der Waals surface area contributed by atoms with Gasteiger partial charge in [0.1, 0.15) is 23.9 Å². The number of pyridine rings is 1. The highest BCUT2D eigenvalue weighted by atomic mass is 19.2. The van der Waals surface area contributed by atoms with E-state index in [9.17, 15) is 26.7 Å². The third kappa shape index (κ3) is 4.81. The van der Waals surface area contributed by atoms with Gasteiger partial charge in [0.05, 0.1) is 11.3 Å². The molecule has 4 aromatic rings. The number of hydrogen-bond acceptors (Lipinski definition) is 4. The Kier molecular flexibility index (Phi) is 7.07. The number of hydrogen-bond donors (Lipinski definition) is 1. The van der Waals surface area contributed by atoms with Gasteiger partial charge < -0.3 is 10.5 Å². The number of nitrogens with zero attached hydrogens (tertiary/aromatic N) is 2. The Bertz CT molecular complexity index is 1420. The first-order valence-corrected chi connectivity index (χ1v) is 11.0. The lowest BCUT2D eigenvalue weighted by molar-refractivity contribution is 0.0967. The van der Waals surface area contributed by atoms with Gasteiger partial charge in [-0.15, -0.1) is 0 Å². The third-order valence-electron chi connectivity index (χ3n) is 5.89. The van der Waals surface area contributed by atoms with E-state index in [0.717, 1.165) is 24.3 Å². The van der Waals surface area contributed by atoms with Crippen LogP contribution in [0.3, 0.4) is 0 Å². The topological polar surface area (TPSA) is 69.6 Å². The minimum atomic E-state index is -1.60. The maximum atomic E-state index is 14.0. The number of ether oxygens (including phenoxy) is 1. The van der Waals surface area contributed by atoms with Crippen molar-refractivity contribution < 1.29 is 31.5 Å². The van der Waals surface area contributed by atoms with Crippen molar-refractivity contribution in [3.63, 3.8) is 0 Å². The molecule has 0 fully saturated rings. The van der Waals surface area contributed by atoms with Crippen molar-refractivity contribution in [2.45, 2.75) is 32.8 Å². The number of aromatic nitrogens is 2. The Labute approximate surface area is 203 Å². The zero-order valence-electron chi connectivity index (χ0n) is 19.4. The lowest BCUT2D eigenvalue weighted by atomic mass is 9.92. The molecule has 1 unspecified atom stereocenters. The molecule has 0 radical (unpaired) electrons. The van der Waals surface area contributed by atoms with Crippen molar-refractivity contribution in [2.24, 2.45) is 5.73 Å². The number of carbonyl (C=O) groups is 1. The average molecular weight is 503 g/mol. The first kappa shape index (κ1) is 25.3. The fourth-order valence-corrected chi connectivity index (χ4v) is 4.09. The summed E-state index contributed by atoms with van der Waals surface area (Å²) < 4.78 is 76.1. The van der Waals surface area contributed by atoms with E-state index in [1.165, 1.54) is 10.5 Å². The minimum absolute atomic E-state index is 0.0563. The van der Waals surface area contributed by atoms with Crippen LogP contribution in [0.5, 0.6) is 5.75 Å². The van der Waals surface area contributed by atoms with Crippen LogP contribution in [-0.2, 0) is 6.61 Å². The summed E-state index contributed by atoms with van der Waals surface area (Å²) in [6.45, 7) is 2.83. The second-order valence-corrected chi connectivity index (χ2v) is 8.47. The third-order valence-corrected chi connectivity index (χ3v) is 5.89. The van der Waals surface area contributed by atoms with Crippen LogP contribution in [0.25, 0.3) is 5.65 Å². The second-order valence-electron chi connectivity index (χ2n) is 8.47. The van der Waals surface area contributed by atoms with Crippen molar-refractivity contribution in [3.8, 4) is 5.75 Å². The summed E-state index contributed by atoms with van der Waals surface area (Å²) in [5.74, 6) is -6.84. The number of nitrogens with two attached hydrogens (primary N) is 1. The summed E-state index contributed by atoms with van der Waals surface area (Å²) in [5, 5.41) is 0. The first-order chi connectivity index (χ1) is 17.1. The van der Waals surface area contributed by atoms with Crippen LogP contribution < -0.4 is 10.5 Å². The molecule has 0 aliphatic carbocycles. The molecule has 0 aliphatic heterocycles. The Morgan fingerprint density at radius 2 is 1.67 bits per heavy atom. The number of fused-ring (bicyclic) bond motifs is 1. The van der Waals surface area contributed by atoms with E-state index in [1.807, 2.05) is 0 Å². The van der Waals surface area contributed by atoms with E-state index in [1.54, 1.807) is 26.1 Å². The van der Waals surface area contributed by atoms with Crippen molar-refractivity contribution in [2.75, 3.05) is 6.54 Å². The van der Waals surface area contributed by atoms with Crippen LogP contribution in [0.4, 0.5) is 22.0 Å². The van der Waals surface area contributed by atoms with Crippen LogP contribution in [0.2, 0.25) is 0 Å². The second kappa shape index (κ2) is 10.1. The quantitative estimate of drug-likeness (QED) is 0.195. The smallest absolute Gasteiger partial charge is 0.194 e. The van der Waals surface area contributed by atoms with E-state index in [4.69, 9.17) is 10.5 Å². The van der Waals surface area contributed by atoms with Gasteiger partial charge in [-0.1, -0.05) is 6.07 Å². The number of carbonyl (C=O) groups excluding carboxylic acids is 1. The standard InChI is InChI=1S/C26H22F5N3O2/c1-13-6-23(36-12-17-18(27)4-3-5-19(17)28)26-33-14(2)25(34(26)11-13)22(35)9-16(10-32)15-7-20(29)24(31)21(30)8-15/h3-8,11,16H,9-10,12,32H2,1-2H3. The van der Waals surface area contributed by atoms with Gasteiger partial charge in [0.15, 0.2) is 34.6 Å². The fourth-order valence-electron chi connectivity index (χ4n) is 4.09. The van der Waals surface area contributed by atoms with Crippen LogP contribution in [0.1, 0.15) is 45.2 Å². The molecule has 0 aliphatic rings. The largest absolute Gasteiger partial charge is 0.485 e. The van der Waals surface area contributed by atoms with Gasteiger partial charge in [-0.25, -0.2) is 26.9 Å². The number of Topliss-reactive ketones (excluding diaryl/α,β-unsaturated/α-hetero) is 1. The molecule has 2 heterocycles. The number of benzene rings is 2. The van der Waals surface area contributed by atoms with Crippen LogP contribution in [0.15, 0.2) is 42.6 Å². The predicted octanol–water partition coefficient (Wildman–Crippen LogP) is 5.54. The molecule has 5 nitrogen and oxygen atoms in total. The molecule has 0 spiro atoms. The van der Waals surface area contributed by atoms with E-state index >= 15 is 0 Å². The van der Waals surface area contributed by atoms with Gasteiger partial charge in [0.2, 0.25) is 0 Å². The van der Waals surface area contributed by atoms with E-state index in [2.05, 4.69) is 4.98 Å². The first-order valence-electron chi connectivity index (χ1n) is 11.0. The Morgan fingerprint density at radius 1 is 1.03 bits per heavy atom. The van der Waals surface area contributed by atoms with E-state index < -0.39 is 47.4 Å². The average Bonchev–Trinajstić information content (AvgIpc) is 3.15. The Morgan fingerprint density at radius 3 is 2.28 bits per heavy atom. The van der Waals surface area contributed by atoms with Crippen molar-refractivity contribution >= 4 is 11.4 Å². The molecule has 1 atom stereocenters. The van der Waals surface area contributed by atoms with Crippen molar-refractivity contribution in [1.82, 2.24) is 9.38 Å². The molecular weight excluding hydrogens is 481 g/mol. The molecule has 10 heteroatoms. The van der Waals surface area contributed by atoms with Gasteiger partial charge >= 0.3 is 0 Å². The van der Waals surface area contributed by atoms with E-state index in [0.29, 0.717) is 11.3 Å². The highest BCUT2D eigenvalue weighted by Gasteiger charge is 2.25. The van der Waals surface area contributed by atoms with Gasteiger partial charge in [0, 0.05) is 18.5 Å². The maximum Gasteiger partial charge on any atom is 0.194 e. The normalized spacial score (nSPS) is 12.2. The number of halogens is 5. The molecule has 2 aromatic heterocycles. The number of rotatable bonds is 8. The highest BCUT2D eigenvalue weighted by Crippen LogP contribution is 2.29. The summed E-state index contributed by atoms with van der Waals surface area (Å²) in [6.07, 6.45) is 1.42. The van der Waals surface area contributed by atoms with Crippen LogP contribution in [-0.4, -0.2) is 21.7 Å². The summed E-state index contributed by atoms with van der Waals surface area (Å²) >= 11 is 0. The summed E-state index contributed by atoms with van der Waals surface area (Å²) in [7, 11) is 0. The summed E-state index contributed by atoms with van der Waals surface area (Å²) in [5.41, 5.74) is 7.04. The van der Waals surface area contributed by atoms with Crippen molar-refractivity contribution in [1.29, 1.82) is 0 Å². The number of aryl methyl sites for hydroxylation is 2. The summed E-state index contributed by atoms with van der Waals surface area (Å²) in [6, 6.07) is 6.76. The van der Waals surface area contributed by atoms with E-state index in [-0.39, 0.29) is 41.2 Å². The highest BCUT2D eigenvalue weighted by molar-refractivity contribution is 5.97. The SMILES string of the molecule is Cc1cc(OCc2c(F)cccc2F)c2nc(C)c(C(=O)CC(CN)c3cc(F)c(F)c(F)c3)n2c1. The lowest BCUT2D eigenvalue weighted by Gasteiger charge is -2.16. The van der Waals surface area contributed by atoms with Gasteiger partial charge in [-0.05, 0) is 61.9 Å². The van der Waals surface area contributed by atoms with Gasteiger partial charge in [-0.2, -0.15) is 0 Å².